The molecule has 1 aromatic carbocycles. The van der Waals surface area contributed by atoms with Gasteiger partial charge in [0.05, 0.1) is 22.0 Å². The average molecular weight is 447 g/mol. The smallest absolute Gasteiger partial charge is 0.338 e. The number of carbonyl (C=O) groups is 2. The molecule has 0 radical (unpaired) electrons. The van der Waals surface area contributed by atoms with E-state index in [1.54, 1.807) is 20.8 Å². The molecule has 162 valence electrons. The van der Waals surface area contributed by atoms with Crippen LogP contribution in [0.25, 0.3) is 0 Å². The van der Waals surface area contributed by atoms with Crippen molar-refractivity contribution in [2.24, 2.45) is 5.14 Å². The van der Waals surface area contributed by atoms with Crippen LogP contribution < -0.4 is 5.14 Å². The van der Waals surface area contributed by atoms with E-state index in [0.29, 0.717) is 17.5 Å². The normalized spacial score (nSPS) is 19.6. The number of likely N-dealkylation sites (N-methyl/N-ethyl adjacent to an activating group) is 1. The molecule has 2 unspecified atom stereocenters. The van der Waals surface area contributed by atoms with Crippen LogP contribution in [-0.2, 0) is 29.4 Å². The summed E-state index contributed by atoms with van der Waals surface area (Å²) in [7, 11) is -7.21. The van der Waals surface area contributed by atoms with Crippen molar-refractivity contribution >= 4 is 31.7 Å². The van der Waals surface area contributed by atoms with E-state index < -0.39 is 43.9 Å². The van der Waals surface area contributed by atoms with Gasteiger partial charge in [-0.1, -0.05) is 0 Å². The number of sulfone groups is 1. The number of nitrogens with zero attached hydrogens (tertiary/aromatic N) is 1. The van der Waals surface area contributed by atoms with E-state index in [9.17, 15) is 26.4 Å². The number of primary sulfonamides is 1. The monoisotopic (exact) mass is 446 g/mol. The number of esters is 1. The molecular weight excluding hydrogens is 420 g/mol. The third-order valence-electron chi connectivity index (χ3n) is 5.07. The second-order valence-corrected chi connectivity index (χ2v) is 10.9. The van der Waals surface area contributed by atoms with Crippen LogP contribution >= 0.6 is 0 Å². The molecule has 0 aromatic heterocycles. The van der Waals surface area contributed by atoms with E-state index in [2.05, 4.69) is 0 Å². The Bertz CT molecular complexity index is 1030. The van der Waals surface area contributed by atoms with Gasteiger partial charge in [-0.25, -0.2) is 26.8 Å². The largest absolute Gasteiger partial charge is 0.449 e. The third kappa shape index (κ3) is 5.34. The summed E-state index contributed by atoms with van der Waals surface area (Å²) in [6, 6.07) is 2.14. The van der Waals surface area contributed by atoms with Crippen molar-refractivity contribution in [2.45, 2.75) is 51.2 Å². The summed E-state index contributed by atoms with van der Waals surface area (Å²) in [5, 5.41) is 5.20. The molecule has 0 spiro atoms. The second-order valence-electron chi connectivity index (χ2n) is 7.19. The molecule has 1 aliphatic rings. The lowest BCUT2D eigenvalue weighted by atomic mass is 10.1. The van der Waals surface area contributed by atoms with Crippen LogP contribution in [0.5, 0.6) is 0 Å². The fourth-order valence-electron chi connectivity index (χ4n) is 3.37. The van der Waals surface area contributed by atoms with Crippen LogP contribution in [0.1, 0.15) is 41.8 Å². The minimum absolute atomic E-state index is 0.0224. The van der Waals surface area contributed by atoms with Gasteiger partial charge < -0.3 is 9.64 Å². The highest BCUT2D eigenvalue weighted by molar-refractivity contribution is 7.91. The van der Waals surface area contributed by atoms with E-state index in [4.69, 9.17) is 9.88 Å². The number of amides is 1. The fraction of sp³-hybridized carbons (Fsp3) is 0.556. The summed E-state index contributed by atoms with van der Waals surface area (Å²) in [6.07, 6.45) is -0.817. The first-order chi connectivity index (χ1) is 13.3. The number of aryl methyl sites for hydroxylation is 1. The topological polar surface area (TPSA) is 141 Å². The van der Waals surface area contributed by atoms with Gasteiger partial charge in [0.15, 0.2) is 15.9 Å². The summed E-state index contributed by atoms with van der Waals surface area (Å²) in [6.45, 7) is 6.60. The Balaban J connectivity index is 2.20. The summed E-state index contributed by atoms with van der Waals surface area (Å²) in [5.41, 5.74) is 0.921. The van der Waals surface area contributed by atoms with Crippen molar-refractivity contribution in [3.05, 3.63) is 28.8 Å². The van der Waals surface area contributed by atoms with Crippen LogP contribution in [0.15, 0.2) is 17.0 Å². The number of ether oxygens (including phenoxy) is 1. The second kappa shape index (κ2) is 8.41. The summed E-state index contributed by atoms with van der Waals surface area (Å²) in [4.78, 5) is 26.5. The molecule has 0 aliphatic carbocycles. The van der Waals surface area contributed by atoms with Gasteiger partial charge in [0.2, 0.25) is 10.0 Å². The Morgan fingerprint density at radius 2 is 1.93 bits per heavy atom. The average Bonchev–Trinajstić information content (AvgIpc) is 2.96. The molecule has 2 rings (SSSR count). The maximum atomic E-state index is 12.7. The standard InChI is InChI=1S/C18H26N2O7S2/c1-5-20(15-6-7-28(23,24)10-15)17(21)13(4)27-18(22)14-8-11(2)12(3)16(9-14)29(19,25)26/h8-9,13,15H,5-7,10H2,1-4H3,(H2,19,25,26). The molecule has 1 fully saturated rings. The molecule has 29 heavy (non-hydrogen) atoms. The maximum Gasteiger partial charge on any atom is 0.338 e. The predicted octanol–water partition coefficient (Wildman–Crippen LogP) is 0.532. The van der Waals surface area contributed by atoms with Crippen LogP contribution in [-0.4, -0.2) is 63.8 Å². The van der Waals surface area contributed by atoms with Gasteiger partial charge in [0, 0.05) is 12.6 Å². The number of carbonyl (C=O) groups excluding carboxylic acids is 2. The maximum absolute atomic E-state index is 12.7. The first-order valence-corrected chi connectivity index (χ1v) is 12.5. The highest BCUT2D eigenvalue weighted by atomic mass is 32.2. The molecule has 0 bridgehead atoms. The lowest BCUT2D eigenvalue weighted by molar-refractivity contribution is -0.141. The van der Waals surface area contributed by atoms with Crippen LogP contribution in [0, 0.1) is 13.8 Å². The quantitative estimate of drug-likeness (QED) is 0.628. The zero-order valence-electron chi connectivity index (χ0n) is 16.8. The number of sulfonamides is 1. The number of benzene rings is 1. The highest BCUT2D eigenvalue weighted by Gasteiger charge is 2.36. The van der Waals surface area contributed by atoms with Crippen LogP contribution in [0.3, 0.4) is 0 Å². The molecule has 11 heteroatoms. The molecule has 1 aromatic rings. The molecular formula is C18H26N2O7S2. The Hall–Kier alpha value is -1.98. The van der Waals surface area contributed by atoms with Crippen molar-refractivity contribution in [3.8, 4) is 0 Å². The Morgan fingerprint density at radius 3 is 2.41 bits per heavy atom. The van der Waals surface area contributed by atoms with Crippen molar-refractivity contribution < 1.29 is 31.2 Å². The SMILES string of the molecule is CCN(C(=O)C(C)OC(=O)c1cc(C)c(C)c(S(N)(=O)=O)c1)C1CCS(=O)(=O)C1. The highest BCUT2D eigenvalue weighted by Crippen LogP contribution is 2.22. The lowest BCUT2D eigenvalue weighted by Gasteiger charge is -2.29. The summed E-state index contributed by atoms with van der Waals surface area (Å²) >= 11 is 0. The van der Waals surface area contributed by atoms with Crippen molar-refractivity contribution in [1.82, 2.24) is 4.90 Å². The Kier molecular flexibility index (Phi) is 6.75. The third-order valence-corrected chi connectivity index (χ3v) is 7.85. The van der Waals surface area contributed by atoms with Gasteiger partial charge in [-0.3, -0.25) is 4.79 Å². The molecule has 9 nitrogen and oxygen atoms in total. The Labute approximate surface area is 171 Å². The van der Waals surface area contributed by atoms with E-state index in [-0.39, 0.29) is 28.5 Å². The van der Waals surface area contributed by atoms with Crippen LogP contribution in [0.2, 0.25) is 0 Å². The molecule has 1 saturated heterocycles. The van der Waals surface area contributed by atoms with Gasteiger partial charge in [-0.05, 0) is 57.4 Å². The predicted molar refractivity (Wildman–Crippen MR) is 107 cm³/mol. The van der Waals surface area contributed by atoms with Gasteiger partial charge in [-0.15, -0.1) is 0 Å². The molecule has 1 aliphatic heterocycles. The Morgan fingerprint density at radius 1 is 1.31 bits per heavy atom. The number of rotatable bonds is 6. The van der Waals surface area contributed by atoms with Gasteiger partial charge in [0.25, 0.3) is 5.91 Å². The van der Waals surface area contributed by atoms with E-state index in [1.165, 1.54) is 17.9 Å². The molecule has 0 saturated carbocycles. The van der Waals surface area contributed by atoms with Gasteiger partial charge in [-0.2, -0.15) is 0 Å². The zero-order chi connectivity index (χ0) is 22.1. The zero-order valence-corrected chi connectivity index (χ0v) is 18.5. The fourth-order valence-corrected chi connectivity index (χ4v) is 5.98. The van der Waals surface area contributed by atoms with Crippen molar-refractivity contribution in [1.29, 1.82) is 0 Å². The van der Waals surface area contributed by atoms with E-state index in [0.717, 1.165) is 6.07 Å². The van der Waals surface area contributed by atoms with Crippen molar-refractivity contribution in [2.75, 3.05) is 18.1 Å². The molecule has 1 amide bonds. The number of nitrogens with two attached hydrogens (primary N) is 1. The summed E-state index contributed by atoms with van der Waals surface area (Å²) in [5.74, 6) is -1.45. The number of hydrogen-bond donors (Lipinski definition) is 1. The number of hydrogen-bond acceptors (Lipinski definition) is 7. The first-order valence-electron chi connectivity index (χ1n) is 9.12. The first kappa shape index (κ1) is 23.3. The van der Waals surface area contributed by atoms with E-state index in [1.807, 2.05) is 0 Å². The van der Waals surface area contributed by atoms with Gasteiger partial charge in [0.1, 0.15) is 0 Å². The molecule has 2 N–H and O–H groups in total. The summed E-state index contributed by atoms with van der Waals surface area (Å²) < 4.78 is 52.2. The van der Waals surface area contributed by atoms with Crippen molar-refractivity contribution in [3.63, 3.8) is 0 Å². The lowest BCUT2D eigenvalue weighted by Crippen LogP contribution is -2.46. The molecule has 2 atom stereocenters. The molecule has 1 heterocycles. The van der Waals surface area contributed by atoms with Gasteiger partial charge >= 0.3 is 5.97 Å². The minimum atomic E-state index is -4.04. The van der Waals surface area contributed by atoms with E-state index >= 15 is 0 Å². The minimum Gasteiger partial charge on any atom is -0.449 e. The van der Waals surface area contributed by atoms with Crippen LogP contribution in [0.4, 0.5) is 0 Å².